The highest BCUT2D eigenvalue weighted by atomic mass is 16.7. The Morgan fingerprint density at radius 3 is 2.60 bits per heavy atom. The smallest absolute Gasteiger partial charge is 0.277 e. The van der Waals surface area contributed by atoms with E-state index in [4.69, 9.17) is 9.47 Å². The fourth-order valence-electron chi connectivity index (χ4n) is 2.01. The van der Waals surface area contributed by atoms with Crippen LogP contribution in [0.15, 0.2) is 48.5 Å². The zero-order chi connectivity index (χ0) is 13.9. The number of ether oxygens (including phenoxy) is 2. The second kappa shape index (κ2) is 5.05. The third kappa shape index (κ3) is 2.33. The van der Waals surface area contributed by atoms with E-state index in [-0.39, 0.29) is 17.4 Å². The van der Waals surface area contributed by atoms with E-state index in [1.807, 2.05) is 6.07 Å². The van der Waals surface area contributed by atoms with Gasteiger partial charge >= 0.3 is 0 Å². The molecule has 1 aliphatic rings. The summed E-state index contributed by atoms with van der Waals surface area (Å²) >= 11 is 0. The van der Waals surface area contributed by atoms with Gasteiger partial charge in [-0.25, -0.2) is 0 Å². The minimum Gasteiger partial charge on any atom is -0.454 e. The van der Waals surface area contributed by atoms with Gasteiger partial charge in [0, 0.05) is 6.08 Å². The SMILES string of the molecule is O=[N+]([O-])C(=Cc1ccc2c(c1)OCO2)c1ccccc1. The van der Waals surface area contributed by atoms with Crippen LogP contribution in [0.3, 0.4) is 0 Å². The maximum absolute atomic E-state index is 11.2. The van der Waals surface area contributed by atoms with Gasteiger partial charge in [0.15, 0.2) is 11.5 Å². The standard InChI is InChI=1S/C15H11NO4/c17-16(18)13(12-4-2-1-3-5-12)8-11-6-7-14-15(9-11)20-10-19-14/h1-9H,10H2. The quantitative estimate of drug-likeness (QED) is 0.487. The monoisotopic (exact) mass is 269 g/mol. The highest BCUT2D eigenvalue weighted by Crippen LogP contribution is 2.33. The van der Waals surface area contributed by atoms with E-state index in [0.717, 1.165) is 0 Å². The van der Waals surface area contributed by atoms with Gasteiger partial charge in [0.05, 0.1) is 10.5 Å². The van der Waals surface area contributed by atoms with Crippen molar-refractivity contribution in [3.63, 3.8) is 0 Å². The predicted octanol–water partition coefficient (Wildman–Crippen LogP) is 3.19. The number of benzene rings is 2. The van der Waals surface area contributed by atoms with E-state index in [1.54, 1.807) is 42.5 Å². The molecule has 5 nitrogen and oxygen atoms in total. The number of nitrogens with zero attached hydrogens (tertiary/aromatic N) is 1. The Hall–Kier alpha value is -2.82. The minimum atomic E-state index is -0.389. The Morgan fingerprint density at radius 2 is 1.85 bits per heavy atom. The molecule has 2 aromatic carbocycles. The van der Waals surface area contributed by atoms with Gasteiger partial charge in [-0.1, -0.05) is 24.3 Å². The molecule has 0 unspecified atom stereocenters. The largest absolute Gasteiger partial charge is 0.454 e. The first-order valence-corrected chi connectivity index (χ1v) is 6.05. The van der Waals surface area contributed by atoms with Crippen molar-refractivity contribution in [2.75, 3.05) is 6.79 Å². The first-order chi connectivity index (χ1) is 9.74. The summed E-state index contributed by atoms with van der Waals surface area (Å²) in [7, 11) is 0. The molecule has 0 saturated heterocycles. The van der Waals surface area contributed by atoms with Crippen molar-refractivity contribution in [2.45, 2.75) is 0 Å². The first-order valence-electron chi connectivity index (χ1n) is 6.05. The molecule has 0 fully saturated rings. The fraction of sp³-hybridized carbons (Fsp3) is 0.0667. The first kappa shape index (κ1) is 12.2. The summed E-state index contributed by atoms with van der Waals surface area (Å²) in [6.07, 6.45) is 1.53. The molecule has 0 bridgehead atoms. The average Bonchev–Trinajstić information content (AvgIpc) is 2.93. The molecule has 1 aliphatic heterocycles. The minimum absolute atomic E-state index is 0.0458. The Kier molecular flexibility index (Phi) is 3.09. The molecule has 20 heavy (non-hydrogen) atoms. The lowest BCUT2D eigenvalue weighted by molar-refractivity contribution is -0.374. The Balaban J connectivity index is 2.01. The predicted molar refractivity (Wildman–Crippen MR) is 73.9 cm³/mol. The lowest BCUT2D eigenvalue weighted by atomic mass is 10.1. The molecule has 0 amide bonds. The van der Waals surface area contributed by atoms with Gasteiger partial charge < -0.3 is 9.47 Å². The molecule has 3 rings (SSSR count). The van der Waals surface area contributed by atoms with E-state index >= 15 is 0 Å². The van der Waals surface area contributed by atoms with E-state index in [9.17, 15) is 10.1 Å². The third-order valence-corrected chi connectivity index (χ3v) is 2.97. The molecule has 0 aromatic heterocycles. The zero-order valence-corrected chi connectivity index (χ0v) is 10.5. The molecular weight excluding hydrogens is 258 g/mol. The van der Waals surface area contributed by atoms with Gasteiger partial charge in [0.2, 0.25) is 6.79 Å². The van der Waals surface area contributed by atoms with Crippen LogP contribution in [0.25, 0.3) is 11.8 Å². The molecule has 2 aromatic rings. The number of fused-ring (bicyclic) bond motifs is 1. The van der Waals surface area contributed by atoms with Crippen molar-refractivity contribution in [3.8, 4) is 11.5 Å². The van der Waals surface area contributed by atoms with Crippen LogP contribution in [0.2, 0.25) is 0 Å². The van der Waals surface area contributed by atoms with Gasteiger partial charge in [-0.05, 0) is 29.8 Å². The summed E-state index contributed by atoms with van der Waals surface area (Å²) in [6, 6.07) is 14.0. The van der Waals surface area contributed by atoms with Crippen molar-refractivity contribution in [2.24, 2.45) is 0 Å². The number of hydrogen-bond donors (Lipinski definition) is 0. The summed E-state index contributed by atoms with van der Waals surface area (Å²) in [5.74, 6) is 1.26. The number of hydrogen-bond acceptors (Lipinski definition) is 4. The van der Waals surface area contributed by atoms with Gasteiger partial charge in [0.25, 0.3) is 5.70 Å². The number of rotatable bonds is 3. The van der Waals surface area contributed by atoms with Crippen LogP contribution in [-0.2, 0) is 0 Å². The summed E-state index contributed by atoms with van der Waals surface area (Å²) in [6.45, 7) is 0.184. The number of nitro groups is 1. The van der Waals surface area contributed by atoms with Crippen molar-refractivity contribution in [1.29, 1.82) is 0 Å². The van der Waals surface area contributed by atoms with Crippen LogP contribution < -0.4 is 9.47 Å². The second-order valence-electron chi connectivity index (χ2n) is 4.27. The zero-order valence-electron chi connectivity index (χ0n) is 10.5. The Bertz CT molecular complexity index is 680. The summed E-state index contributed by atoms with van der Waals surface area (Å²) < 4.78 is 10.5. The Labute approximate surface area is 115 Å². The fourth-order valence-corrected chi connectivity index (χ4v) is 2.01. The Morgan fingerprint density at radius 1 is 1.10 bits per heavy atom. The van der Waals surface area contributed by atoms with Gasteiger partial charge in [0.1, 0.15) is 0 Å². The topological polar surface area (TPSA) is 61.6 Å². The van der Waals surface area contributed by atoms with Crippen molar-refractivity contribution >= 4 is 11.8 Å². The van der Waals surface area contributed by atoms with Crippen LogP contribution in [0, 0.1) is 10.1 Å². The maximum atomic E-state index is 11.2. The van der Waals surface area contributed by atoms with Crippen LogP contribution in [0.5, 0.6) is 11.5 Å². The van der Waals surface area contributed by atoms with Crippen LogP contribution in [0.1, 0.15) is 11.1 Å². The molecular formula is C15H11NO4. The summed E-state index contributed by atoms with van der Waals surface area (Å²) in [5, 5.41) is 11.2. The highest BCUT2D eigenvalue weighted by Gasteiger charge is 2.16. The van der Waals surface area contributed by atoms with E-state index in [2.05, 4.69) is 0 Å². The molecule has 1 heterocycles. The van der Waals surface area contributed by atoms with Gasteiger partial charge in [-0.3, -0.25) is 10.1 Å². The summed E-state index contributed by atoms with van der Waals surface area (Å²) in [5.41, 5.74) is 1.31. The molecule has 0 atom stereocenters. The van der Waals surface area contributed by atoms with Crippen LogP contribution >= 0.6 is 0 Å². The van der Waals surface area contributed by atoms with E-state index in [1.165, 1.54) is 6.08 Å². The molecule has 0 aliphatic carbocycles. The van der Waals surface area contributed by atoms with E-state index < -0.39 is 0 Å². The second-order valence-corrected chi connectivity index (χ2v) is 4.27. The lowest BCUT2D eigenvalue weighted by Gasteiger charge is -2.00. The highest BCUT2D eigenvalue weighted by molar-refractivity contribution is 5.77. The molecule has 0 radical (unpaired) electrons. The lowest BCUT2D eigenvalue weighted by Crippen LogP contribution is -1.97. The average molecular weight is 269 g/mol. The third-order valence-electron chi connectivity index (χ3n) is 2.97. The molecule has 100 valence electrons. The van der Waals surface area contributed by atoms with Crippen molar-refractivity contribution in [1.82, 2.24) is 0 Å². The van der Waals surface area contributed by atoms with E-state index in [0.29, 0.717) is 22.6 Å². The molecule has 0 saturated carbocycles. The van der Waals surface area contributed by atoms with Gasteiger partial charge in [-0.2, -0.15) is 0 Å². The van der Waals surface area contributed by atoms with Crippen molar-refractivity contribution in [3.05, 3.63) is 69.8 Å². The van der Waals surface area contributed by atoms with Crippen LogP contribution in [-0.4, -0.2) is 11.7 Å². The van der Waals surface area contributed by atoms with Gasteiger partial charge in [-0.15, -0.1) is 0 Å². The van der Waals surface area contributed by atoms with Crippen LogP contribution in [0.4, 0.5) is 0 Å². The molecule has 0 N–H and O–H groups in total. The maximum Gasteiger partial charge on any atom is 0.277 e. The molecule has 5 heteroatoms. The summed E-state index contributed by atoms with van der Waals surface area (Å²) in [4.78, 5) is 10.8. The molecule has 0 spiro atoms. The normalized spacial score (nSPS) is 13.3. The van der Waals surface area contributed by atoms with Crippen molar-refractivity contribution < 1.29 is 14.4 Å².